The zero-order chi connectivity index (χ0) is 23.2. The first-order valence-corrected chi connectivity index (χ1v) is 12.7. The molecule has 0 aliphatic rings. The molecule has 0 atom stereocenters. The summed E-state index contributed by atoms with van der Waals surface area (Å²) in [6.07, 6.45) is 3.55. The monoisotopic (exact) mass is 499 g/mol. The van der Waals surface area contributed by atoms with Crippen molar-refractivity contribution in [3.05, 3.63) is 54.9 Å². The Morgan fingerprint density at radius 1 is 1.09 bits per heavy atom. The van der Waals surface area contributed by atoms with Gasteiger partial charge in [-0.15, -0.1) is 11.3 Å². The molecule has 0 bridgehead atoms. The van der Waals surface area contributed by atoms with Gasteiger partial charge >= 0.3 is 0 Å². The molecule has 0 spiro atoms. The number of fused-ring (bicyclic) bond motifs is 1. The number of carbonyl (C=O) groups excluding carboxylic acids is 2. The summed E-state index contributed by atoms with van der Waals surface area (Å²) >= 11 is 4.24. The molecule has 33 heavy (non-hydrogen) atoms. The van der Waals surface area contributed by atoms with E-state index in [0.717, 1.165) is 19.7 Å². The largest absolute Gasteiger partial charge is 0.495 e. The van der Waals surface area contributed by atoms with E-state index in [0.29, 0.717) is 17.1 Å². The van der Waals surface area contributed by atoms with E-state index in [2.05, 4.69) is 20.6 Å². The number of ether oxygens (including phenoxy) is 1. The number of aryl methyl sites for hydroxylation is 1. The van der Waals surface area contributed by atoms with Gasteiger partial charge < -0.3 is 19.9 Å². The summed E-state index contributed by atoms with van der Waals surface area (Å²) in [7, 11) is 3.46. The summed E-state index contributed by atoms with van der Waals surface area (Å²) in [6.45, 7) is 0. The van der Waals surface area contributed by atoms with Crippen molar-refractivity contribution < 1.29 is 14.3 Å². The predicted molar refractivity (Wildman–Crippen MR) is 135 cm³/mol. The van der Waals surface area contributed by atoms with Gasteiger partial charge in [-0.2, -0.15) is 0 Å². The second kappa shape index (κ2) is 10.7. The lowest BCUT2D eigenvalue weighted by atomic mass is 10.3. The van der Waals surface area contributed by atoms with E-state index < -0.39 is 0 Å². The van der Waals surface area contributed by atoms with Crippen LogP contribution in [-0.2, 0) is 16.6 Å². The van der Waals surface area contributed by atoms with Crippen molar-refractivity contribution in [1.29, 1.82) is 0 Å². The van der Waals surface area contributed by atoms with Crippen molar-refractivity contribution in [3.8, 4) is 5.75 Å². The van der Waals surface area contributed by atoms with E-state index >= 15 is 0 Å². The minimum absolute atomic E-state index is 0.102. The fraction of sp³-hybridized carbons (Fsp3) is 0.182. The highest BCUT2D eigenvalue weighted by molar-refractivity contribution is 8.01. The highest BCUT2D eigenvalue weighted by atomic mass is 32.2. The van der Waals surface area contributed by atoms with Crippen LogP contribution in [0.4, 0.5) is 11.4 Å². The minimum Gasteiger partial charge on any atom is -0.495 e. The van der Waals surface area contributed by atoms with Crippen LogP contribution < -0.4 is 15.4 Å². The van der Waals surface area contributed by atoms with Gasteiger partial charge in [0.15, 0.2) is 9.50 Å². The number of nitrogens with one attached hydrogen (secondary N) is 2. The van der Waals surface area contributed by atoms with Gasteiger partial charge in [0.05, 0.1) is 34.5 Å². The van der Waals surface area contributed by atoms with Crippen LogP contribution in [0.1, 0.15) is 0 Å². The third-order valence-electron chi connectivity index (χ3n) is 4.47. The van der Waals surface area contributed by atoms with Crippen LogP contribution in [0, 0.1) is 0 Å². The van der Waals surface area contributed by atoms with Gasteiger partial charge in [-0.1, -0.05) is 35.7 Å². The maximum Gasteiger partial charge on any atom is 0.234 e. The third-order valence-corrected chi connectivity index (χ3v) is 7.69. The Balaban J connectivity index is 1.32. The Bertz CT molecular complexity index is 1290. The molecule has 2 aromatic carbocycles. The molecule has 4 aromatic rings. The second-order valence-corrected chi connectivity index (χ2v) is 10.1. The average molecular weight is 500 g/mol. The summed E-state index contributed by atoms with van der Waals surface area (Å²) in [5.74, 6) is 0.875. The number of anilines is 2. The first kappa shape index (κ1) is 23.1. The quantitative estimate of drug-likeness (QED) is 0.327. The number of nitrogens with zero attached hydrogens (tertiary/aromatic N) is 3. The molecule has 0 saturated heterocycles. The molecule has 0 fully saturated rings. The molecule has 0 aliphatic heterocycles. The van der Waals surface area contributed by atoms with E-state index in [4.69, 9.17) is 4.74 Å². The normalized spacial score (nSPS) is 10.8. The zero-order valence-electron chi connectivity index (χ0n) is 17.9. The smallest absolute Gasteiger partial charge is 0.234 e. The molecule has 8 nitrogen and oxygen atoms in total. The number of thiazole rings is 1. The van der Waals surface area contributed by atoms with E-state index in [9.17, 15) is 9.59 Å². The Labute approximate surface area is 203 Å². The number of rotatable bonds is 9. The van der Waals surface area contributed by atoms with Crippen LogP contribution in [-0.4, -0.2) is 45.0 Å². The van der Waals surface area contributed by atoms with Gasteiger partial charge in [0, 0.05) is 25.1 Å². The molecule has 0 radical (unpaired) electrons. The maximum atomic E-state index is 12.3. The number of carbonyl (C=O) groups is 2. The molecule has 2 aromatic heterocycles. The SMILES string of the molecule is COc1ccccc1NC(=O)CSc1nc2ccc(NC(=O)CSc3nccn3C)cc2s1. The first-order chi connectivity index (χ1) is 16.0. The number of hydrogen-bond donors (Lipinski definition) is 2. The number of para-hydroxylation sites is 2. The third kappa shape index (κ3) is 6.06. The number of amides is 2. The van der Waals surface area contributed by atoms with Crippen molar-refractivity contribution in [1.82, 2.24) is 14.5 Å². The molecule has 0 saturated carbocycles. The lowest BCUT2D eigenvalue weighted by molar-refractivity contribution is -0.114. The topological polar surface area (TPSA) is 98.1 Å². The van der Waals surface area contributed by atoms with E-state index in [-0.39, 0.29) is 23.3 Å². The Hall–Kier alpha value is -3.02. The summed E-state index contributed by atoms with van der Waals surface area (Å²) in [4.78, 5) is 33.4. The first-order valence-electron chi connectivity index (χ1n) is 9.88. The van der Waals surface area contributed by atoms with Gasteiger partial charge in [0.1, 0.15) is 5.75 Å². The van der Waals surface area contributed by atoms with Gasteiger partial charge in [0.2, 0.25) is 11.8 Å². The van der Waals surface area contributed by atoms with Gasteiger partial charge in [-0.25, -0.2) is 9.97 Å². The lowest BCUT2D eigenvalue weighted by Crippen LogP contribution is -2.14. The fourth-order valence-corrected chi connectivity index (χ4v) is 5.56. The summed E-state index contributed by atoms with van der Waals surface area (Å²) in [5.41, 5.74) is 2.17. The molecular weight excluding hydrogens is 478 g/mol. The summed E-state index contributed by atoms with van der Waals surface area (Å²) < 4.78 is 8.86. The number of benzene rings is 2. The van der Waals surface area contributed by atoms with Crippen molar-refractivity contribution in [3.63, 3.8) is 0 Å². The molecule has 170 valence electrons. The molecule has 2 amide bonds. The molecule has 2 N–H and O–H groups in total. The molecule has 2 heterocycles. The summed E-state index contributed by atoms with van der Waals surface area (Å²) in [5, 5.41) is 6.56. The predicted octanol–water partition coefficient (Wildman–Crippen LogP) is 4.50. The highest BCUT2D eigenvalue weighted by Gasteiger charge is 2.12. The molecule has 0 aliphatic carbocycles. The molecular formula is C22H21N5O3S3. The summed E-state index contributed by atoms with van der Waals surface area (Å²) in [6, 6.07) is 12.9. The van der Waals surface area contributed by atoms with Crippen LogP contribution in [0.5, 0.6) is 5.75 Å². The van der Waals surface area contributed by atoms with Crippen LogP contribution in [0.25, 0.3) is 10.2 Å². The zero-order valence-corrected chi connectivity index (χ0v) is 20.4. The number of imidazole rings is 1. The molecule has 0 unspecified atom stereocenters. The van der Waals surface area contributed by atoms with Crippen LogP contribution >= 0.6 is 34.9 Å². The van der Waals surface area contributed by atoms with Gasteiger partial charge in [0.25, 0.3) is 0 Å². The van der Waals surface area contributed by atoms with Crippen molar-refractivity contribution in [2.45, 2.75) is 9.50 Å². The Morgan fingerprint density at radius 2 is 1.88 bits per heavy atom. The van der Waals surface area contributed by atoms with Gasteiger partial charge in [-0.3, -0.25) is 9.59 Å². The van der Waals surface area contributed by atoms with Crippen molar-refractivity contribution in [2.75, 3.05) is 29.2 Å². The number of aromatic nitrogens is 3. The van der Waals surface area contributed by atoms with E-state index in [1.165, 1.54) is 34.9 Å². The average Bonchev–Trinajstić information content (AvgIpc) is 3.41. The highest BCUT2D eigenvalue weighted by Crippen LogP contribution is 2.32. The van der Waals surface area contributed by atoms with Crippen LogP contribution in [0.3, 0.4) is 0 Å². The van der Waals surface area contributed by atoms with E-state index in [1.807, 2.05) is 48.1 Å². The standard InChI is InChI=1S/C22H21N5O3S3/c1-27-10-9-23-21(27)31-12-19(28)24-14-7-8-16-18(11-14)33-22(26-16)32-13-20(29)25-15-5-3-4-6-17(15)30-2/h3-11H,12-13H2,1-2H3,(H,24,28)(H,25,29). The number of thioether (sulfide) groups is 2. The van der Waals surface area contributed by atoms with Gasteiger partial charge in [-0.05, 0) is 30.3 Å². The van der Waals surface area contributed by atoms with Crippen LogP contribution in [0.2, 0.25) is 0 Å². The molecule has 11 heteroatoms. The Kier molecular flexibility index (Phi) is 7.53. The second-order valence-electron chi connectivity index (χ2n) is 6.86. The van der Waals surface area contributed by atoms with E-state index in [1.54, 1.807) is 25.4 Å². The number of hydrogen-bond acceptors (Lipinski definition) is 8. The Morgan fingerprint density at radius 3 is 2.67 bits per heavy atom. The van der Waals surface area contributed by atoms with Crippen molar-refractivity contribution >= 4 is 68.3 Å². The minimum atomic E-state index is -0.137. The molecule has 4 rings (SSSR count). The fourth-order valence-electron chi connectivity index (χ4n) is 2.92. The maximum absolute atomic E-state index is 12.3. The lowest BCUT2D eigenvalue weighted by Gasteiger charge is -2.09. The number of methoxy groups -OCH3 is 1. The van der Waals surface area contributed by atoms with Crippen LogP contribution in [0.15, 0.2) is 64.4 Å². The van der Waals surface area contributed by atoms with Crippen molar-refractivity contribution in [2.24, 2.45) is 7.05 Å².